The van der Waals surface area contributed by atoms with E-state index in [0.717, 1.165) is 41.2 Å². The molecule has 0 saturated carbocycles. The van der Waals surface area contributed by atoms with Crippen LogP contribution in [-0.4, -0.2) is 47.2 Å². The zero-order valence-electron chi connectivity index (χ0n) is 20.3. The minimum absolute atomic E-state index is 0.196. The van der Waals surface area contributed by atoms with E-state index in [1.807, 2.05) is 32.0 Å². The molecule has 184 valence electrons. The Hall–Kier alpha value is -3.24. The molecule has 3 aromatic rings. The maximum Gasteiger partial charge on any atom is 0.277 e. The monoisotopic (exact) mass is 496 g/mol. The number of nitrogens with one attached hydrogen (secondary N) is 1. The van der Waals surface area contributed by atoms with E-state index in [1.165, 1.54) is 16.0 Å². The standard InChI is InChI=1S/C25H28N4O5S/c1-14-15(2)28-29(4)24(31)20(14)23-27-16(3)21(35-23)22(30)26-12-25(7-9-32-10-8-25)17-5-6-18-19(11-17)34-13-33-18/h5-6,11H,7-10,12-13H2,1-4H3,(H,26,30). The Morgan fingerprint density at radius 2 is 1.89 bits per heavy atom. The van der Waals surface area contributed by atoms with Crippen LogP contribution in [0.1, 0.15) is 45.0 Å². The van der Waals surface area contributed by atoms with Gasteiger partial charge in [-0.15, -0.1) is 11.3 Å². The number of rotatable bonds is 5. The highest BCUT2D eigenvalue weighted by Crippen LogP contribution is 2.40. The van der Waals surface area contributed by atoms with Crippen molar-refractivity contribution in [1.82, 2.24) is 20.1 Å². The zero-order valence-corrected chi connectivity index (χ0v) is 21.1. The van der Waals surface area contributed by atoms with Crippen molar-refractivity contribution < 1.29 is 19.0 Å². The molecule has 0 aliphatic carbocycles. The molecule has 2 aliphatic heterocycles. The number of hydrogen-bond donors (Lipinski definition) is 1. The summed E-state index contributed by atoms with van der Waals surface area (Å²) in [6, 6.07) is 5.99. The van der Waals surface area contributed by atoms with Crippen molar-refractivity contribution in [1.29, 1.82) is 0 Å². The number of aryl methyl sites for hydroxylation is 3. The van der Waals surface area contributed by atoms with Crippen molar-refractivity contribution in [3.8, 4) is 22.1 Å². The van der Waals surface area contributed by atoms with E-state index < -0.39 is 0 Å². The topological polar surface area (TPSA) is 105 Å². The summed E-state index contributed by atoms with van der Waals surface area (Å²) in [7, 11) is 1.62. The predicted molar refractivity (Wildman–Crippen MR) is 131 cm³/mol. The lowest BCUT2D eigenvalue weighted by Crippen LogP contribution is -2.44. The molecule has 0 radical (unpaired) electrons. The van der Waals surface area contributed by atoms with Crippen molar-refractivity contribution in [2.24, 2.45) is 7.05 Å². The third-order valence-corrected chi connectivity index (χ3v) is 8.14. The summed E-state index contributed by atoms with van der Waals surface area (Å²) >= 11 is 1.24. The molecule has 1 fully saturated rings. The van der Waals surface area contributed by atoms with Crippen LogP contribution in [0.2, 0.25) is 0 Å². The molecule has 9 nitrogen and oxygen atoms in total. The fourth-order valence-corrected chi connectivity index (χ4v) is 5.78. The fourth-order valence-electron chi connectivity index (χ4n) is 4.70. The third-order valence-electron chi connectivity index (χ3n) is 6.96. The van der Waals surface area contributed by atoms with Gasteiger partial charge in [-0.3, -0.25) is 9.59 Å². The molecule has 0 unspecified atom stereocenters. The SMILES string of the molecule is Cc1nc(-c2c(C)c(C)nn(C)c2=O)sc1C(=O)NCC1(c2ccc3c(c2)OCO3)CCOCC1. The first-order chi connectivity index (χ1) is 16.8. The molecule has 2 aromatic heterocycles. The van der Waals surface area contributed by atoms with Crippen LogP contribution in [0.25, 0.3) is 10.6 Å². The number of aromatic nitrogens is 3. The highest BCUT2D eigenvalue weighted by molar-refractivity contribution is 7.17. The minimum Gasteiger partial charge on any atom is -0.454 e. The van der Waals surface area contributed by atoms with Gasteiger partial charge in [-0.2, -0.15) is 5.10 Å². The summed E-state index contributed by atoms with van der Waals surface area (Å²) in [6.45, 7) is 7.43. The van der Waals surface area contributed by atoms with E-state index in [2.05, 4.69) is 15.4 Å². The number of amides is 1. The maximum atomic E-state index is 13.3. The highest BCUT2D eigenvalue weighted by atomic mass is 32.1. The first kappa shape index (κ1) is 23.5. The smallest absolute Gasteiger partial charge is 0.277 e. The Kier molecular flexibility index (Phi) is 6.10. The fraction of sp³-hybridized carbons (Fsp3) is 0.440. The van der Waals surface area contributed by atoms with Crippen LogP contribution < -0.4 is 20.3 Å². The minimum atomic E-state index is -0.273. The number of carbonyl (C=O) groups is 1. The van der Waals surface area contributed by atoms with Crippen LogP contribution in [0.5, 0.6) is 11.5 Å². The zero-order chi connectivity index (χ0) is 24.7. The molecule has 1 aromatic carbocycles. The van der Waals surface area contributed by atoms with Gasteiger partial charge in [0, 0.05) is 32.2 Å². The van der Waals surface area contributed by atoms with Crippen LogP contribution >= 0.6 is 11.3 Å². The number of nitrogens with zero attached hydrogens (tertiary/aromatic N) is 3. The molecule has 1 N–H and O–H groups in total. The lowest BCUT2D eigenvalue weighted by atomic mass is 9.74. The Morgan fingerprint density at radius 1 is 1.14 bits per heavy atom. The highest BCUT2D eigenvalue weighted by Gasteiger charge is 2.36. The normalized spacial score (nSPS) is 16.3. The second-order valence-electron chi connectivity index (χ2n) is 9.09. The number of ether oxygens (including phenoxy) is 3. The molecule has 10 heteroatoms. The Balaban J connectivity index is 1.41. The molecule has 4 heterocycles. The molecule has 1 saturated heterocycles. The van der Waals surface area contributed by atoms with E-state index in [9.17, 15) is 9.59 Å². The molecular weight excluding hydrogens is 468 g/mol. The van der Waals surface area contributed by atoms with Gasteiger partial charge in [0.05, 0.1) is 17.0 Å². The first-order valence-electron chi connectivity index (χ1n) is 11.6. The van der Waals surface area contributed by atoms with Gasteiger partial charge < -0.3 is 19.5 Å². The number of benzene rings is 1. The van der Waals surface area contributed by atoms with Crippen LogP contribution in [-0.2, 0) is 17.2 Å². The van der Waals surface area contributed by atoms with Crippen molar-refractivity contribution in [3.05, 3.63) is 55.9 Å². The van der Waals surface area contributed by atoms with E-state index in [0.29, 0.717) is 40.9 Å². The third kappa shape index (κ3) is 4.21. The van der Waals surface area contributed by atoms with Gasteiger partial charge in [0.1, 0.15) is 9.88 Å². The quantitative estimate of drug-likeness (QED) is 0.579. The summed E-state index contributed by atoms with van der Waals surface area (Å²) in [5.74, 6) is 1.27. The van der Waals surface area contributed by atoms with Gasteiger partial charge in [0.15, 0.2) is 11.5 Å². The summed E-state index contributed by atoms with van der Waals surface area (Å²) in [4.78, 5) is 31.2. The van der Waals surface area contributed by atoms with Gasteiger partial charge in [0.25, 0.3) is 11.5 Å². The number of thiazole rings is 1. The number of hydrogen-bond acceptors (Lipinski definition) is 8. The van der Waals surface area contributed by atoms with E-state index in [1.54, 1.807) is 14.0 Å². The largest absolute Gasteiger partial charge is 0.454 e. The van der Waals surface area contributed by atoms with Gasteiger partial charge >= 0.3 is 0 Å². The van der Waals surface area contributed by atoms with Crippen molar-refractivity contribution in [2.45, 2.75) is 39.0 Å². The van der Waals surface area contributed by atoms with Crippen LogP contribution in [0.4, 0.5) is 0 Å². The lowest BCUT2D eigenvalue weighted by molar-refractivity contribution is 0.0487. The lowest BCUT2D eigenvalue weighted by Gasteiger charge is -2.38. The van der Waals surface area contributed by atoms with Crippen molar-refractivity contribution >= 4 is 17.2 Å². The summed E-state index contributed by atoms with van der Waals surface area (Å²) in [5, 5.41) is 7.91. The summed E-state index contributed by atoms with van der Waals surface area (Å²) < 4.78 is 18.0. The van der Waals surface area contributed by atoms with E-state index in [4.69, 9.17) is 14.2 Å². The molecule has 35 heavy (non-hydrogen) atoms. The molecule has 5 rings (SSSR count). The average molecular weight is 497 g/mol. The van der Waals surface area contributed by atoms with Crippen LogP contribution in [0.15, 0.2) is 23.0 Å². The molecule has 0 spiro atoms. The summed E-state index contributed by atoms with van der Waals surface area (Å²) in [6.07, 6.45) is 1.57. The van der Waals surface area contributed by atoms with Gasteiger partial charge in [-0.1, -0.05) is 6.07 Å². The first-order valence-corrected chi connectivity index (χ1v) is 12.4. The number of fused-ring (bicyclic) bond motifs is 1. The van der Waals surface area contributed by atoms with E-state index >= 15 is 0 Å². The predicted octanol–water partition coefficient (Wildman–Crippen LogP) is 3.04. The van der Waals surface area contributed by atoms with Gasteiger partial charge in [-0.25, -0.2) is 9.67 Å². The second-order valence-corrected chi connectivity index (χ2v) is 10.1. The maximum absolute atomic E-state index is 13.3. The Bertz CT molecular complexity index is 1360. The van der Waals surface area contributed by atoms with Crippen LogP contribution in [0.3, 0.4) is 0 Å². The van der Waals surface area contributed by atoms with E-state index in [-0.39, 0.29) is 23.7 Å². The van der Waals surface area contributed by atoms with Gasteiger partial charge in [-0.05, 0) is 56.9 Å². The summed E-state index contributed by atoms with van der Waals surface area (Å²) in [5.41, 5.74) is 3.22. The molecular formula is C25H28N4O5S. The second kappa shape index (κ2) is 9.09. The number of carbonyl (C=O) groups excluding carboxylic acids is 1. The average Bonchev–Trinajstić information content (AvgIpc) is 3.48. The molecule has 0 atom stereocenters. The Morgan fingerprint density at radius 3 is 2.66 bits per heavy atom. The van der Waals surface area contributed by atoms with Crippen molar-refractivity contribution in [3.63, 3.8) is 0 Å². The van der Waals surface area contributed by atoms with Gasteiger partial charge in [0.2, 0.25) is 6.79 Å². The molecule has 1 amide bonds. The molecule has 2 aliphatic rings. The van der Waals surface area contributed by atoms with Crippen LogP contribution in [0, 0.1) is 20.8 Å². The molecule has 0 bridgehead atoms. The van der Waals surface area contributed by atoms with Crippen molar-refractivity contribution in [2.75, 3.05) is 26.6 Å². The Labute approximate surface area is 207 Å².